The van der Waals surface area contributed by atoms with Crippen molar-refractivity contribution in [2.75, 3.05) is 11.9 Å². The molecular weight excluding hydrogens is 414 g/mol. The highest BCUT2D eigenvalue weighted by Crippen LogP contribution is 2.37. The number of hydrogen-bond donors (Lipinski definition) is 0. The lowest BCUT2D eigenvalue weighted by atomic mass is 10.1. The third-order valence-corrected chi connectivity index (χ3v) is 13.2. The monoisotopic (exact) mass is 463 g/mol. The number of hydrogen-bond acceptors (Lipinski definition) is 1. The predicted molar refractivity (Wildman–Crippen MR) is 152 cm³/mol. The number of anilines is 2. The third-order valence-electron chi connectivity index (χ3n) is 7.97. The highest BCUT2D eigenvalue weighted by atomic mass is 28.3. The van der Waals surface area contributed by atoms with E-state index < -0.39 is 8.07 Å². The number of rotatable bonds is 14. The van der Waals surface area contributed by atoms with Gasteiger partial charge in [0.1, 0.15) is 8.07 Å². The number of benzene rings is 2. The maximum absolute atomic E-state index is 2.58. The van der Waals surface area contributed by atoms with Crippen molar-refractivity contribution in [3.63, 3.8) is 0 Å². The molecule has 1 aliphatic heterocycles. The summed E-state index contributed by atoms with van der Waals surface area (Å²) in [7, 11) is 0.481. The van der Waals surface area contributed by atoms with Gasteiger partial charge in [-0.3, -0.25) is 0 Å². The molecule has 0 atom stereocenters. The van der Waals surface area contributed by atoms with E-state index in [1.807, 2.05) is 0 Å². The van der Waals surface area contributed by atoms with Crippen molar-refractivity contribution in [2.45, 2.75) is 117 Å². The molecule has 2 heteroatoms. The largest absolute Gasteiger partial charge is 0.345 e. The summed E-state index contributed by atoms with van der Waals surface area (Å²) in [5, 5.41) is 3.45. The number of nitrogens with zero attached hydrogens (tertiary/aromatic N) is 1. The van der Waals surface area contributed by atoms with Crippen molar-refractivity contribution >= 4 is 29.8 Å². The molecule has 1 nitrogen and oxygen atoms in total. The zero-order valence-corrected chi connectivity index (χ0v) is 23.3. The Morgan fingerprint density at radius 1 is 0.576 bits per heavy atom. The highest BCUT2D eigenvalue weighted by Gasteiger charge is 2.43. The van der Waals surface area contributed by atoms with Crippen molar-refractivity contribution in [2.24, 2.45) is 0 Å². The van der Waals surface area contributed by atoms with Crippen LogP contribution in [0, 0.1) is 13.8 Å². The minimum Gasteiger partial charge on any atom is -0.345 e. The smallest absolute Gasteiger partial charge is 0.123 e. The van der Waals surface area contributed by atoms with Crippen molar-refractivity contribution in [1.82, 2.24) is 0 Å². The second kappa shape index (κ2) is 12.8. The molecule has 3 rings (SSSR count). The first-order chi connectivity index (χ1) is 16.0. The highest BCUT2D eigenvalue weighted by molar-refractivity contribution is 7.04. The van der Waals surface area contributed by atoms with Crippen LogP contribution >= 0.6 is 0 Å². The summed E-state index contributed by atoms with van der Waals surface area (Å²) in [4.78, 5) is 2.48. The van der Waals surface area contributed by atoms with Gasteiger partial charge < -0.3 is 4.90 Å². The minimum atomic E-state index is -1.81. The maximum atomic E-state index is 2.58. The second-order valence-corrected chi connectivity index (χ2v) is 15.0. The predicted octanol–water partition coefficient (Wildman–Crippen LogP) is 8.67. The Morgan fingerprint density at radius 2 is 0.970 bits per heavy atom. The molecule has 0 N–H and O–H groups in total. The van der Waals surface area contributed by atoms with Gasteiger partial charge in [0.2, 0.25) is 0 Å². The van der Waals surface area contributed by atoms with Crippen molar-refractivity contribution in [3.8, 4) is 0 Å². The maximum Gasteiger partial charge on any atom is 0.123 e. The average Bonchev–Trinajstić information content (AvgIpc) is 2.81. The van der Waals surface area contributed by atoms with Gasteiger partial charge in [0, 0.05) is 18.4 Å². The topological polar surface area (TPSA) is 3.24 Å². The number of fused-ring (bicyclic) bond motifs is 2. The second-order valence-electron chi connectivity index (χ2n) is 10.7. The van der Waals surface area contributed by atoms with Gasteiger partial charge in [0.25, 0.3) is 0 Å². The summed E-state index contributed by atoms with van der Waals surface area (Å²) >= 11 is 0. The Bertz CT molecular complexity index is 800. The van der Waals surface area contributed by atoms with Crippen LogP contribution in [0.5, 0.6) is 0 Å². The first-order valence-corrected chi connectivity index (χ1v) is 16.4. The van der Waals surface area contributed by atoms with Crippen LogP contribution in [0.4, 0.5) is 11.4 Å². The molecule has 0 aromatic heterocycles. The fourth-order valence-corrected chi connectivity index (χ4v) is 11.8. The van der Waals surface area contributed by atoms with E-state index in [4.69, 9.17) is 0 Å². The molecule has 0 saturated carbocycles. The van der Waals surface area contributed by atoms with Crippen molar-refractivity contribution < 1.29 is 0 Å². The average molecular weight is 464 g/mol. The van der Waals surface area contributed by atoms with Crippen LogP contribution < -0.4 is 15.3 Å². The summed E-state index contributed by atoms with van der Waals surface area (Å²) in [5.41, 5.74) is 5.84. The molecule has 1 aliphatic rings. The zero-order valence-electron chi connectivity index (χ0n) is 22.3. The summed E-state index contributed by atoms with van der Waals surface area (Å²) in [6.07, 6.45) is 16.7. The van der Waals surface area contributed by atoms with Crippen LogP contribution in [0.3, 0.4) is 0 Å². The van der Waals surface area contributed by atoms with E-state index in [9.17, 15) is 0 Å². The molecule has 0 fully saturated rings. The lowest BCUT2D eigenvalue weighted by Gasteiger charge is -2.44. The zero-order chi connectivity index (χ0) is 23.7. The first kappa shape index (κ1) is 26.1. The van der Waals surface area contributed by atoms with E-state index in [0.29, 0.717) is 0 Å². The summed E-state index contributed by atoms with van der Waals surface area (Å²) in [5.74, 6) is 0. The Morgan fingerprint density at radius 3 is 1.39 bits per heavy atom. The van der Waals surface area contributed by atoms with Gasteiger partial charge in [-0.25, -0.2) is 0 Å². The van der Waals surface area contributed by atoms with Gasteiger partial charge in [-0.05, 0) is 48.4 Å². The van der Waals surface area contributed by atoms with E-state index >= 15 is 0 Å². The van der Waals surface area contributed by atoms with Crippen LogP contribution in [0.15, 0.2) is 36.4 Å². The summed E-state index contributed by atoms with van der Waals surface area (Å²) < 4.78 is 0. The molecule has 0 radical (unpaired) electrons. The van der Waals surface area contributed by atoms with E-state index in [1.165, 1.54) is 112 Å². The quantitative estimate of drug-likeness (QED) is 0.200. The van der Waals surface area contributed by atoms with E-state index in [2.05, 4.69) is 76.0 Å². The summed E-state index contributed by atoms with van der Waals surface area (Å²) in [6, 6.07) is 17.5. The SMILES string of the molecule is CCCCCCCC[Si]1(CCCCCCCC)c2cc(C)ccc2N(C)c2ccc(C)cc21. The van der Waals surface area contributed by atoms with Gasteiger partial charge in [-0.2, -0.15) is 0 Å². The van der Waals surface area contributed by atoms with E-state index in [-0.39, 0.29) is 0 Å². The molecule has 33 heavy (non-hydrogen) atoms. The number of unbranched alkanes of at least 4 members (excludes halogenated alkanes) is 10. The van der Waals surface area contributed by atoms with Gasteiger partial charge in [0.15, 0.2) is 0 Å². The Hall–Kier alpha value is -1.54. The molecule has 2 aromatic carbocycles. The third kappa shape index (κ3) is 6.32. The van der Waals surface area contributed by atoms with Gasteiger partial charge in [-0.1, -0.05) is 126 Å². The molecule has 0 spiro atoms. The molecule has 0 amide bonds. The first-order valence-electron chi connectivity index (χ1n) is 14.0. The van der Waals surface area contributed by atoms with Crippen molar-refractivity contribution in [1.29, 1.82) is 0 Å². The molecule has 0 unspecified atom stereocenters. The van der Waals surface area contributed by atoms with Crippen molar-refractivity contribution in [3.05, 3.63) is 47.5 Å². The summed E-state index contributed by atoms with van der Waals surface area (Å²) in [6.45, 7) is 9.22. The molecule has 0 bridgehead atoms. The lowest BCUT2D eigenvalue weighted by molar-refractivity contribution is 0.616. The molecule has 0 aliphatic carbocycles. The van der Waals surface area contributed by atoms with E-state index in [0.717, 1.165) is 0 Å². The van der Waals surface area contributed by atoms with Gasteiger partial charge >= 0.3 is 0 Å². The van der Waals surface area contributed by atoms with Gasteiger partial charge in [0.05, 0.1) is 0 Å². The normalized spacial score (nSPS) is 14.3. The molecule has 0 saturated heterocycles. The van der Waals surface area contributed by atoms with Gasteiger partial charge in [-0.15, -0.1) is 0 Å². The van der Waals surface area contributed by atoms with Crippen LogP contribution in [-0.2, 0) is 0 Å². The van der Waals surface area contributed by atoms with E-state index in [1.54, 1.807) is 10.4 Å². The van der Waals surface area contributed by atoms with Crippen LogP contribution in [0.2, 0.25) is 12.1 Å². The molecule has 182 valence electrons. The Kier molecular flexibility index (Phi) is 10.1. The molecule has 1 heterocycles. The molecule has 2 aromatic rings. The van der Waals surface area contributed by atoms with Crippen LogP contribution in [-0.4, -0.2) is 15.1 Å². The Labute approximate surface area is 206 Å². The Balaban J connectivity index is 1.94. The van der Waals surface area contributed by atoms with Crippen LogP contribution in [0.25, 0.3) is 0 Å². The van der Waals surface area contributed by atoms with Crippen LogP contribution in [0.1, 0.15) is 102 Å². The number of aryl methyl sites for hydroxylation is 2. The fraction of sp³-hybridized carbons (Fsp3) is 0.613. The fourth-order valence-electron chi connectivity index (χ4n) is 6.00. The molecular formula is C31H49NSi. The minimum absolute atomic E-state index is 1.34. The lowest BCUT2D eigenvalue weighted by Crippen LogP contribution is -2.63. The standard InChI is InChI=1S/C31H49NSi/c1-6-8-10-12-14-16-22-33(23-17-15-13-11-9-7-2)30-24-26(3)18-20-28(30)32(5)29-21-19-27(4)25-31(29)33/h18-21,24-25H,6-17,22-23H2,1-5H3.